The van der Waals surface area contributed by atoms with Crippen LogP contribution in [0.25, 0.3) is 16.2 Å². The van der Waals surface area contributed by atoms with Gasteiger partial charge in [0.2, 0.25) is 0 Å². The SMILES string of the molecule is Cc1cc(C(=O)Nc2ccccc2-c2cn3c(CN4CCNCC4)csc3n2)cc(C)c1C. The Labute approximate surface area is 198 Å². The van der Waals surface area contributed by atoms with Crippen LogP contribution < -0.4 is 10.6 Å². The Kier molecular flexibility index (Phi) is 6.01. The summed E-state index contributed by atoms with van der Waals surface area (Å²) in [4.78, 5) is 21.4. The Morgan fingerprint density at radius 1 is 1.12 bits per heavy atom. The first-order valence-corrected chi connectivity index (χ1v) is 12.2. The van der Waals surface area contributed by atoms with E-state index in [0.29, 0.717) is 5.56 Å². The van der Waals surface area contributed by atoms with Gasteiger partial charge in [-0.05, 0) is 55.7 Å². The van der Waals surface area contributed by atoms with E-state index in [9.17, 15) is 4.79 Å². The van der Waals surface area contributed by atoms with Crippen molar-refractivity contribution in [3.8, 4) is 11.3 Å². The summed E-state index contributed by atoms with van der Waals surface area (Å²) < 4.78 is 2.19. The summed E-state index contributed by atoms with van der Waals surface area (Å²) in [5.41, 5.74) is 7.97. The number of benzene rings is 2. The molecule has 0 spiro atoms. The Morgan fingerprint density at radius 3 is 2.61 bits per heavy atom. The maximum Gasteiger partial charge on any atom is 0.255 e. The van der Waals surface area contributed by atoms with Crippen molar-refractivity contribution in [1.82, 2.24) is 19.6 Å². The molecule has 5 rings (SSSR count). The number of fused-ring (bicyclic) bond motifs is 1. The van der Waals surface area contributed by atoms with E-state index >= 15 is 0 Å². The Morgan fingerprint density at radius 2 is 1.85 bits per heavy atom. The number of nitrogens with one attached hydrogen (secondary N) is 2. The van der Waals surface area contributed by atoms with Crippen LogP contribution in [-0.2, 0) is 6.54 Å². The molecule has 6 nitrogen and oxygen atoms in total. The fourth-order valence-electron chi connectivity index (χ4n) is 4.35. The number of para-hydroxylation sites is 1. The standard InChI is InChI=1S/C26H29N5OS/c1-17-12-20(13-18(2)19(17)3)25(32)28-23-7-5-4-6-22(23)24-15-31-21(16-33-26(31)29-24)14-30-10-8-27-9-11-30/h4-7,12-13,15-16,27H,8-11,14H2,1-3H3,(H,28,32). The molecule has 3 heterocycles. The van der Waals surface area contributed by atoms with Crippen molar-refractivity contribution in [3.05, 3.63) is 75.9 Å². The number of carbonyl (C=O) groups is 1. The zero-order valence-electron chi connectivity index (χ0n) is 19.3. The monoisotopic (exact) mass is 459 g/mol. The van der Waals surface area contributed by atoms with Crippen molar-refractivity contribution < 1.29 is 4.79 Å². The molecule has 0 aliphatic carbocycles. The molecule has 2 N–H and O–H groups in total. The smallest absolute Gasteiger partial charge is 0.255 e. The second kappa shape index (κ2) is 9.09. The predicted molar refractivity (Wildman–Crippen MR) is 135 cm³/mol. The highest BCUT2D eigenvalue weighted by atomic mass is 32.1. The second-order valence-corrected chi connectivity index (χ2v) is 9.60. The van der Waals surface area contributed by atoms with E-state index in [1.165, 1.54) is 11.3 Å². The molecule has 0 radical (unpaired) electrons. The maximum atomic E-state index is 13.1. The molecule has 33 heavy (non-hydrogen) atoms. The van der Waals surface area contributed by atoms with Crippen LogP contribution in [0.3, 0.4) is 0 Å². The molecule has 0 unspecified atom stereocenters. The van der Waals surface area contributed by atoms with Crippen molar-refractivity contribution in [2.45, 2.75) is 27.3 Å². The molecule has 1 aliphatic heterocycles. The second-order valence-electron chi connectivity index (χ2n) is 8.77. The third kappa shape index (κ3) is 4.44. The minimum atomic E-state index is -0.103. The van der Waals surface area contributed by atoms with Crippen LogP contribution in [-0.4, -0.2) is 46.4 Å². The highest BCUT2D eigenvalue weighted by Crippen LogP contribution is 2.30. The molecule has 0 bridgehead atoms. The number of thiazole rings is 1. The minimum absolute atomic E-state index is 0.103. The third-order valence-corrected chi connectivity index (χ3v) is 7.41. The topological polar surface area (TPSA) is 61.7 Å². The largest absolute Gasteiger partial charge is 0.321 e. The van der Waals surface area contributed by atoms with E-state index in [4.69, 9.17) is 4.98 Å². The van der Waals surface area contributed by atoms with Gasteiger partial charge in [-0.2, -0.15) is 0 Å². The van der Waals surface area contributed by atoms with Gasteiger partial charge in [-0.25, -0.2) is 4.98 Å². The Bertz CT molecular complexity index is 1290. The van der Waals surface area contributed by atoms with E-state index in [2.05, 4.69) is 38.4 Å². The molecule has 1 fully saturated rings. The van der Waals surface area contributed by atoms with E-state index in [-0.39, 0.29) is 5.91 Å². The van der Waals surface area contributed by atoms with Gasteiger partial charge in [0.1, 0.15) is 0 Å². The van der Waals surface area contributed by atoms with Crippen molar-refractivity contribution in [1.29, 1.82) is 0 Å². The number of piperazine rings is 1. The van der Waals surface area contributed by atoms with E-state index in [1.54, 1.807) is 11.3 Å². The minimum Gasteiger partial charge on any atom is -0.321 e. The van der Waals surface area contributed by atoms with Crippen LogP contribution in [0, 0.1) is 20.8 Å². The maximum absolute atomic E-state index is 13.1. The van der Waals surface area contributed by atoms with Crippen molar-refractivity contribution in [2.75, 3.05) is 31.5 Å². The van der Waals surface area contributed by atoms with Crippen LogP contribution in [0.1, 0.15) is 32.7 Å². The summed E-state index contributed by atoms with van der Waals surface area (Å²) in [5, 5.41) is 8.72. The lowest BCUT2D eigenvalue weighted by molar-refractivity contribution is 0.102. The van der Waals surface area contributed by atoms with Gasteiger partial charge >= 0.3 is 0 Å². The highest BCUT2D eigenvalue weighted by molar-refractivity contribution is 7.15. The molecule has 7 heteroatoms. The number of aromatic nitrogens is 2. The zero-order chi connectivity index (χ0) is 22.9. The quantitative estimate of drug-likeness (QED) is 0.456. The van der Waals surface area contributed by atoms with Crippen LogP contribution >= 0.6 is 11.3 Å². The molecule has 2 aromatic heterocycles. The van der Waals surface area contributed by atoms with E-state index in [1.807, 2.05) is 50.2 Å². The number of aryl methyl sites for hydroxylation is 2. The molecule has 1 amide bonds. The summed E-state index contributed by atoms with van der Waals surface area (Å²) in [6, 6.07) is 11.8. The number of hydrogen-bond donors (Lipinski definition) is 2. The first-order chi connectivity index (χ1) is 16.0. The fourth-order valence-corrected chi connectivity index (χ4v) is 5.21. The number of anilines is 1. The van der Waals surface area contributed by atoms with E-state index in [0.717, 1.165) is 65.8 Å². The van der Waals surface area contributed by atoms with Crippen molar-refractivity contribution in [3.63, 3.8) is 0 Å². The van der Waals surface area contributed by atoms with Gasteiger partial charge in [0.25, 0.3) is 5.91 Å². The summed E-state index contributed by atoms with van der Waals surface area (Å²) in [5.74, 6) is -0.103. The molecule has 1 saturated heterocycles. The number of hydrogen-bond acceptors (Lipinski definition) is 5. The van der Waals surface area contributed by atoms with Gasteiger partial charge in [0.15, 0.2) is 4.96 Å². The summed E-state index contributed by atoms with van der Waals surface area (Å²) in [6.07, 6.45) is 2.09. The molecule has 170 valence electrons. The number of amides is 1. The van der Waals surface area contributed by atoms with Crippen LogP contribution in [0.4, 0.5) is 5.69 Å². The van der Waals surface area contributed by atoms with Crippen molar-refractivity contribution in [2.24, 2.45) is 0 Å². The summed E-state index contributed by atoms with van der Waals surface area (Å²) in [7, 11) is 0. The lowest BCUT2D eigenvalue weighted by atomic mass is 10.00. The summed E-state index contributed by atoms with van der Waals surface area (Å²) >= 11 is 1.66. The number of imidazole rings is 1. The van der Waals surface area contributed by atoms with Crippen LogP contribution in [0.5, 0.6) is 0 Å². The predicted octanol–water partition coefficient (Wildman–Crippen LogP) is 4.65. The van der Waals surface area contributed by atoms with Crippen LogP contribution in [0.15, 0.2) is 48.0 Å². The molecule has 0 saturated carbocycles. The van der Waals surface area contributed by atoms with Crippen LogP contribution in [0.2, 0.25) is 0 Å². The number of rotatable bonds is 5. The van der Waals surface area contributed by atoms with Gasteiger partial charge in [-0.15, -0.1) is 11.3 Å². The van der Waals surface area contributed by atoms with E-state index < -0.39 is 0 Å². The number of nitrogens with zero attached hydrogens (tertiary/aromatic N) is 3. The molecule has 0 atom stereocenters. The normalized spacial score (nSPS) is 14.6. The molecular weight excluding hydrogens is 430 g/mol. The Hall–Kier alpha value is -3.00. The summed E-state index contributed by atoms with van der Waals surface area (Å²) in [6.45, 7) is 11.3. The molecule has 2 aromatic carbocycles. The van der Waals surface area contributed by atoms with Gasteiger partial charge in [0, 0.05) is 61.1 Å². The molecule has 1 aliphatic rings. The first kappa shape index (κ1) is 21.8. The average Bonchev–Trinajstić information content (AvgIpc) is 3.40. The number of carbonyl (C=O) groups excluding carboxylic acids is 1. The third-order valence-electron chi connectivity index (χ3n) is 6.52. The fraction of sp³-hybridized carbons (Fsp3) is 0.308. The average molecular weight is 460 g/mol. The lowest BCUT2D eigenvalue weighted by Gasteiger charge is -2.26. The molecular formula is C26H29N5OS. The van der Waals surface area contributed by atoms with Gasteiger partial charge in [0.05, 0.1) is 11.4 Å². The van der Waals surface area contributed by atoms with Gasteiger partial charge < -0.3 is 10.6 Å². The lowest BCUT2D eigenvalue weighted by Crippen LogP contribution is -2.43. The Balaban J connectivity index is 1.42. The first-order valence-electron chi connectivity index (χ1n) is 11.4. The molecule has 4 aromatic rings. The zero-order valence-corrected chi connectivity index (χ0v) is 20.1. The highest BCUT2D eigenvalue weighted by Gasteiger charge is 2.17. The van der Waals surface area contributed by atoms with Gasteiger partial charge in [-0.1, -0.05) is 18.2 Å². The van der Waals surface area contributed by atoms with Gasteiger partial charge in [-0.3, -0.25) is 14.1 Å². The van der Waals surface area contributed by atoms with Crippen molar-refractivity contribution >= 4 is 27.9 Å².